The zero-order valence-corrected chi connectivity index (χ0v) is 11.1. The molecule has 0 aliphatic rings. The zero-order valence-electron chi connectivity index (χ0n) is 10.3. The van der Waals surface area contributed by atoms with Crippen molar-refractivity contribution in [3.8, 4) is 0 Å². The minimum atomic E-state index is -1.33. The maximum absolute atomic E-state index is 13.4. The van der Waals surface area contributed by atoms with Gasteiger partial charge in [-0.25, -0.2) is 18.2 Å². The largest absolute Gasteiger partial charge is 0.322 e. The number of carbonyl (C=O) groups is 1. The number of nitrogens with zero attached hydrogens (tertiary/aromatic N) is 1. The number of hydrogen-bond donors (Lipinski definition) is 2. The molecule has 0 spiro atoms. The summed E-state index contributed by atoms with van der Waals surface area (Å²) in [4.78, 5) is 15.8. The van der Waals surface area contributed by atoms with Gasteiger partial charge in [-0.3, -0.25) is 4.79 Å². The van der Waals surface area contributed by atoms with Gasteiger partial charge in [-0.15, -0.1) is 11.3 Å². The fourth-order valence-corrected chi connectivity index (χ4v) is 2.16. The van der Waals surface area contributed by atoms with E-state index in [1.807, 2.05) is 0 Å². The summed E-state index contributed by atoms with van der Waals surface area (Å²) < 4.78 is 39.1. The molecule has 1 aromatic heterocycles. The van der Waals surface area contributed by atoms with Crippen LogP contribution >= 0.6 is 11.3 Å². The first-order valence-electron chi connectivity index (χ1n) is 5.55. The fraction of sp³-hybridized carbons (Fsp3) is 0.167. The lowest BCUT2D eigenvalue weighted by Gasteiger charge is -2.05. The summed E-state index contributed by atoms with van der Waals surface area (Å²) in [6, 6.07) is 0.599. The van der Waals surface area contributed by atoms with Crippen molar-refractivity contribution in [2.75, 3.05) is 5.32 Å². The molecule has 0 saturated heterocycles. The molecule has 1 atom stereocenters. The van der Waals surface area contributed by atoms with Crippen LogP contribution in [0, 0.1) is 17.5 Å². The summed E-state index contributed by atoms with van der Waals surface area (Å²) in [7, 11) is 0. The number of halogens is 3. The van der Waals surface area contributed by atoms with Gasteiger partial charge in [0, 0.05) is 17.5 Å². The van der Waals surface area contributed by atoms with Crippen molar-refractivity contribution < 1.29 is 18.0 Å². The molecule has 1 heterocycles. The van der Waals surface area contributed by atoms with Crippen LogP contribution in [-0.4, -0.2) is 10.9 Å². The van der Waals surface area contributed by atoms with Gasteiger partial charge in [-0.2, -0.15) is 0 Å². The second kappa shape index (κ2) is 5.59. The molecule has 0 radical (unpaired) electrons. The van der Waals surface area contributed by atoms with Crippen molar-refractivity contribution in [1.82, 2.24) is 4.98 Å². The van der Waals surface area contributed by atoms with Crippen LogP contribution < -0.4 is 11.1 Å². The third kappa shape index (κ3) is 2.97. The Balaban J connectivity index is 2.21. The van der Waals surface area contributed by atoms with Crippen molar-refractivity contribution in [3.05, 3.63) is 45.7 Å². The predicted octanol–water partition coefficient (Wildman–Crippen LogP) is 2.83. The number of amides is 1. The summed E-state index contributed by atoms with van der Waals surface area (Å²) >= 11 is 1.18. The smallest absolute Gasteiger partial charge is 0.275 e. The Labute approximate surface area is 116 Å². The Hall–Kier alpha value is -1.93. The minimum absolute atomic E-state index is 0.0337. The lowest BCUT2D eigenvalue weighted by Crippen LogP contribution is -2.14. The van der Waals surface area contributed by atoms with Gasteiger partial charge in [0.25, 0.3) is 5.91 Å². The number of hydrogen-bond acceptors (Lipinski definition) is 4. The Morgan fingerprint density at radius 3 is 2.55 bits per heavy atom. The highest BCUT2D eigenvalue weighted by atomic mass is 32.1. The zero-order chi connectivity index (χ0) is 14.9. The Bertz CT molecular complexity index is 657. The van der Waals surface area contributed by atoms with Crippen molar-refractivity contribution in [2.45, 2.75) is 13.0 Å². The number of nitrogens with two attached hydrogens (primary N) is 1. The van der Waals surface area contributed by atoms with Crippen LogP contribution in [0.25, 0.3) is 0 Å². The van der Waals surface area contributed by atoms with Crippen LogP contribution in [0.3, 0.4) is 0 Å². The molecule has 0 fully saturated rings. The highest BCUT2D eigenvalue weighted by molar-refractivity contribution is 7.09. The molecule has 3 N–H and O–H groups in total. The van der Waals surface area contributed by atoms with E-state index in [4.69, 9.17) is 5.73 Å². The molecule has 0 saturated carbocycles. The Morgan fingerprint density at radius 2 is 1.95 bits per heavy atom. The highest BCUT2D eigenvalue weighted by Crippen LogP contribution is 2.20. The average molecular weight is 301 g/mol. The molecule has 0 bridgehead atoms. The van der Waals surface area contributed by atoms with Gasteiger partial charge in [0.2, 0.25) is 0 Å². The highest BCUT2D eigenvalue weighted by Gasteiger charge is 2.16. The summed E-state index contributed by atoms with van der Waals surface area (Å²) in [5, 5.41) is 4.12. The van der Waals surface area contributed by atoms with E-state index >= 15 is 0 Å². The molecule has 106 valence electrons. The van der Waals surface area contributed by atoms with E-state index in [0.717, 1.165) is 0 Å². The van der Waals surface area contributed by atoms with Crippen LogP contribution in [0.2, 0.25) is 0 Å². The normalized spacial score (nSPS) is 12.2. The van der Waals surface area contributed by atoms with Gasteiger partial charge in [0.1, 0.15) is 16.5 Å². The molecule has 0 aliphatic carbocycles. The average Bonchev–Trinajstić information content (AvgIpc) is 2.85. The number of aromatic nitrogens is 1. The van der Waals surface area contributed by atoms with E-state index < -0.39 is 29.0 Å². The summed E-state index contributed by atoms with van der Waals surface area (Å²) in [5.74, 6) is -4.37. The maximum Gasteiger partial charge on any atom is 0.275 e. The van der Waals surface area contributed by atoms with Gasteiger partial charge in [0.15, 0.2) is 11.6 Å². The summed E-state index contributed by atoms with van der Waals surface area (Å²) in [6.45, 7) is 1.70. The fourth-order valence-electron chi connectivity index (χ4n) is 1.41. The maximum atomic E-state index is 13.4. The third-order valence-corrected chi connectivity index (χ3v) is 3.45. The van der Waals surface area contributed by atoms with Crippen LogP contribution in [0.15, 0.2) is 17.5 Å². The van der Waals surface area contributed by atoms with Crippen LogP contribution in [0.5, 0.6) is 0 Å². The molecule has 20 heavy (non-hydrogen) atoms. The first-order valence-corrected chi connectivity index (χ1v) is 6.43. The van der Waals surface area contributed by atoms with Gasteiger partial charge in [-0.05, 0) is 6.92 Å². The second-order valence-corrected chi connectivity index (χ2v) is 4.95. The van der Waals surface area contributed by atoms with Gasteiger partial charge in [0.05, 0.1) is 11.7 Å². The summed E-state index contributed by atoms with van der Waals surface area (Å²) in [5.41, 5.74) is 5.18. The first kappa shape index (κ1) is 14.5. The van der Waals surface area contributed by atoms with Gasteiger partial charge >= 0.3 is 0 Å². The lowest BCUT2D eigenvalue weighted by molar-refractivity contribution is 0.102. The molecular weight excluding hydrogens is 291 g/mol. The first-order chi connectivity index (χ1) is 9.38. The van der Waals surface area contributed by atoms with Crippen molar-refractivity contribution in [2.24, 2.45) is 5.73 Å². The van der Waals surface area contributed by atoms with E-state index in [9.17, 15) is 18.0 Å². The number of nitrogens with one attached hydrogen (secondary N) is 1. The number of thiazole rings is 1. The quantitative estimate of drug-likeness (QED) is 0.857. The molecule has 0 aliphatic heterocycles. The molecule has 1 aromatic carbocycles. The molecule has 1 unspecified atom stereocenters. The minimum Gasteiger partial charge on any atom is -0.322 e. The molecule has 2 aromatic rings. The number of rotatable bonds is 3. The van der Waals surface area contributed by atoms with E-state index in [1.54, 1.807) is 6.92 Å². The van der Waals surface area contributed by atoms with Crippen LogP contribution in [0.4, 0.5) is 18.9 Å². The Kier molecular flexibility index (Phi) is 4.05. The SMILES string of the molecule is CC(N)c1nc(C(=O)Nc2cc(F)c(F)cc2F)cs1. The number of benzene rings is 1. The van der Waals surface area contributed by atoms with Crippen LogP contribution in [0.1, 0.15) is 28.5 Å². The molecule has 1 amide bonds. The second-order valence-electron chi connectivity index (χ2n) is 4.06. The van der Waals surface area contributed by atoms with Crippen molar-refractivity contribution in [3.63, 3.8) is 0 Å². The number of anilines is 1. The summed E-state index contributed by atoms with van der Waals surface area (Å²) in [6.07, 6.45) is 0. The van der Waals surface area contributed by atoms with E-state index in [0.29, 0.717) is 17.1 Å². The topological polar surface area (TPSA) is 68.0 Å². The molecule has 2 rings (SSSR count). The van der Waals surface area contributed by atoms with Crippen molar-refractivity contribution >= 4 is 22.9 Å². The monoisotopic (exact) mass is 301 g/mol. The molecular formula is C12H10F3N3OS. The van der Waals surface area contributed by atoms with E-state index in [-0.39, 0.29) is 11.7 Å². The lowest BCUT2D eigenvalue weighted by atomic mass is 10.2. The standard InChI is InChI=1S/C12H10F3N3OS/c1-5(16)12-18-10(4-20-12)11(19)17-9-3-7(14)6(13)2-8(9)15/h2-5H,16H2,1H3,(H,17,19). The predicted molar refractivity (Wildman–Crippen MR) is 69.0 cm³/mol. The van der Waals surface area contributed by atoms with Crippen molar-refractivity contribution in [1.29, 1.82) is 0 Å². The molecule has 8 heteroatoms. The number of carbonyl (C=O) groups excluding carboxylic acids is 1. The third-order valence-electron chi connectivity index (χ3n) is 2.40. The Morgan fingerprint density at radius 1 is 1.30 bits per heavy atom. The van der Waals surface area contributed by atoms with Gasteiger partial charge in [-0.1, -0.05) is 0 Å². The van der Waals surface area contributed by atoms with Crippen LogP contribution in [-0.2, 0) is 0 Å². The van der Waals surface area contributed by atoms with Gasteiger partial charge < -0.3 is 11.1 Å². The molecule has 4 nitrogen and oxygen atoms in total. The van der Waals surface area contributed by atoms with E-state index in [2.05, 4.69) is 10.3 Å². The van der Waals surface area contributed by atoms with E-state index in [1.165, 1.54) is 16.7 Å².